The first-order valence-corrected chi connectivity index (χ1v) is 5.02. The lowest BCUT2D eigenvalue weighted by Crippen LogP contribution is -2.17. The minimum Gasteiger partial charge on any atom is -0.406 e. The Bertz CT molecular complexity index is 555. The van der Waals surface area contributed by atoms with E-state index in [-0.39, 0.29) is 11.6 Å². The Kier molecular flexibility index (Phi) is 3.10. The van der Waals surface area contributed by atoms with E-state index in [1.807, 2.05) is 0 Å². The smallest absolute Gasteiger partial charge is 0.406 e. The van der Waals surface area contributed by atoms with Crippen LogP contribution in [0.15, 0.2) is 42.6 Å². The van der Waals surface area contributed by atoms with Gasteiger partial charge in [-0.1, -0.05) is 12.1 Å². The van der Waals surface area contributed by atoms with Crippen molar-refractivity contribution in [3.05, 3.63) is 42.6 Å². The molecular weight excluding hydrogens is 245 g/mol. The molecule has 0 unspecified atom stereocenters. The third kappa shape index (κ3) is 2.91. The van der Waals surface area contributed by atoms with Gasteiger partial charge >= 0.3 is 6.36 Å². The van der Waals surface area contributed by atoms with E-state index < -0.39 is 6.36 Å². The van der Waals surface area contributed by atoms with Crippen LogP contribution < -0.4 is 10.5 Å². The van der Waals surface area contributed by atoms with Crippen molar-refractivity contribution in [2.45, 2.75) is 6.36 Å². The molecule has 0 atom stereocenters. The van der Waals surface area contributed by atoms with Gasteiger partial charge in [-0.3, -0.25) is 0 Å². The Hall–Kier alpha value is -2.24. The SMILES string of the molecule is Nc1ncccc1-c1cccc(OC(F)(F)F)c1. The molecule has 0 radical (unpaired) electrons. The minimum atomic E-state index is -4.71. The number of ether oxygens (including phenoxy) is 1. The van der Waals surface area contributed by atoms with Crippen LogP contribution >= 0.6 is 0 Å². The molecule has 18 heavy (non-hydrogen) atoms. The summed E-state index contributed by atoms with van der Waals surface area (Å²) in [4.78, 5) is 3.87. The quantitative estimate of drug-likeness (QED) is 0.895. The zero-order valence-electron chi connectivity index (χ0n) is 9.11. The fraction of sp³-hybridized carbons (Fsp3) is 0.0833. The van der Waals surface area contributed by atoms with Crippen LogP contribution in [-0.4, -0.2) is 11.3 Å². The number of rotatable bonds is 2. The molecule has 94 valence electrons. The van der Waals surface area contributed by atoms with E-state index in [4.69, 9.17) is 5.73 Å². The second kappa shape index (κ2) is 4.56. The van der Waals surface area contributed by atoms with E-state index in [2.05, 4.69) is 9.72 Å². The van der Waals surface area contributed by atoms with Crippen molar-refractivity contribution in [3.63, 3.8) is 0 Å². The highest BCUT2D eigenvalue weighted by Gasteiger charge is 2.31. The van der Waals surface area contributed by atoms with Gasteiger partial charge in [0.25, 0.3) is 0 Å². The summed E-state index contributed by atoms with van der Waals surface area (Å²) in [5, 5.41) is 0. The monoisotopic (exact) mass is 254 g/mol. The van der Waals surface area contributed by atoms with Gasteiger partial charge in [-0.2, -0.15) is 0 Å². The topological polar surface area (TPSA) is 48.1 Å². The van der Waals surface area contributed by atoms with Crippen molar-refractivity contribution in [1.29, 1.82) is 0 Å². The highest BCUT2D eigenvalue weighted by Crippen LogP contribution is 2.29. The first-order chi connectivity index (χ1) is 8.46. The number of nitrogens with two attached hydrogens (primary N) is 1. The number of benzene rings is 1. The summed E-state index contributed by atoms with van der Waals surface area (Å²) in [6, 6.07) is 8.92. The Morgan fingerprint density at radius 2 is 1.89 bits per heavy atom. The van der Waals surface area contributed by atoms with E-state index in [0.717, 1.165) is 0 Å². The van der Waals surface area contributed by atoms with Gasteiger partial charge in [0, 0.05) is 11.8 Å². The molecule has 0 bridgehead atoms. The van der Waals surface area contributed by atoms with E-state index in [0.29, 0.717) is 11.1 Å². The lowest BCUT2D eigenvalue weighted by Gasteiger charge is -2.10. The van der Waals surface area contributed by atoms with Crippen molar-refractivity contribution in [2.24, 2.45) is 0 Å². The highest BCUT2D eigenvalue weighted by molar-refractivity contribution is 5.74. The van der Waals surface area contributed by atoms with Crippen LogP contribution in [0, 0.1) is 0 Å². The van der Waals surface area contributed by atoms with Crippen LogP contribution in [0.4, 0.5) is 19.0 Å². The summed E-state index contributed by atoms with van der Waals surface area (Å²) in [7, 11) is 0. The molecule has 1 heterocycles. The maximum Gasteiger partial charge on any atom is 0.573 e. The first-order valence-electron chi connectivity index (χ1n) is 5.02. The zero-order chi connectivity index (χ0) is 13.2. The number of nitrogen functional groups attached to an aromatic ring is 1. The highest BCUT2D eigenvalue weighted by atomic mass is 19.4. The van der Waals surface area contributed by atoms with Crippen LogP contribution in [0.1, 0.15) is 0 Å². The molecule has 0 aliphatic carbocycles. The zero-order valence-corrected chi connectivity index (χ0v) is 9.11. The van der Waals surface area contributed by atoms with Gasteiger partial charge in [0.1, 0.15) is 11.6 Å². The van der Waals surface area contributed by atoms with E-state index in [1.54, 1.807) is 18.2 Å². The van der Waals surface area contributed by atoms with Crippen molar-refractivity contribution < 1.29 is 17.9 Å². The van der Waals surface area contributed by atoms with Gasteiger partial charge in [-0.15, -0.1) is 13.2 Å². The molecule has 0 fully saturated rings. The maximum absolute atomic E-state index is 12.1. The fourth-order valence-corrected chi connectivity index (χ4v) is 1.52. The van der Waals surface area contributed by atoms with Crippen LogP contribution in [0.25, 0.3) is 11.1 Å². The summed E-state index contributed by atoms with van der Waals surface area (Å²) in [6.07, 6.45) is -3.20. The third-order valence-electron chi connectivity index (χ3n) is 2.22. The predicted octanol–water partition coefficient (Wildman–Crippen LogP) is 3.23. The number of halogens is 3. The molecule has 0 amide bonds. The van der Waals surface area contributed by atoms with E-state index >= 15 is 0 Å². The average molecular weight is 254 g/mol. The van der Waals surface area contributed by atoms with Crippen LogP contribution in [-0.2, 0) is 0 Å². The largest absolute Gasteiger partial charge is 0.573 e. The van der Waals surface area contributed by atoms with E-state index in [1.165, 1.54) is 24.4 Å². The van der Waals surface area contributed by atoms with Crippen molar-refractivity contribution in [3.8, 4) is 16.9 Å². The number of pyridine rings is 1. The van der Waals surface area contributed by atoms with Crippen molar-refractivity contribution >= 4 is 5.82 Å². The number of aromatic nitrogens is 1. The normalized spacial score (nSPS) is 11.3. The maximum atomic E-state index is 12.1. The standard InChI is InChI=1S/C12H9F3N2O/c13-12(14,15)18-9-4-1-3-8(7-9)10-5-2-6-17-11(10)16/h1-7H,(H2,16,17). The fourth-order valence-electron chi connectivity index (χ4n) is 1.52. The molecule has 2 aromatic rings. The summed E-state index contributed by atoms with van der Waals surface area (Å²) in [5.41, 5.74) is 6.73. The Morgan fingerprint density at radius 1 is 1.11 bits per heavy atom. The average Bonchev–Trinajstić information content (AvgIpc) is 2.27. The number of hydrogen-bond acceptors (Lipinski definition) is 3. The van der Waals surface area contributed by atoms with Gasteiger partial charge in [0.05, 0.1) is 0 Å². The Balaban J connectivity index is 2.36. The number of anilines is 1. The van der Waals surface area contributed by atoms with Gasteiger partial charge < -0.3 is 10.5 Å². The second-order valence-corrected chi connectivity index (χ2v) is 3.51. The molecule has 0 spiro atoms. The number of alkyl halides is 3. The summed E-state index contributed by atoms with van der Waals surface area (Å²) in [6.45, 7) is 0. The second-order valence-electron chi connectivity index (χ2n) is 3.51. The molecule has 1 aromatic heterocycles. The Labute approximate surface area is 101 Å². The van der Waals surface area contributed by atoms with Gasteiger partial charge in [-0.05, 0) is 29.8 Å². The molecule has 2 rings (SSSR count). The van der Waals surface area contributed by atoms with Crippen molar-refractivity contribution in [1.82, 2.24) is 4.98 Å². The summed E-state index contributed by atoms with van der Waals surface area (Å²) < 4.78 is 40.1. The molecule has 1 aromatic carbocycles. The lowest BCUT2D eigenvalue weighted by atomic mass is 10.1. The molecule has 0 saturated carbocycles. The van der Waals surface area contributed by atoms with E-state index in [9.17, 15) is 13.2 Å². The predicted molar refractivity (Wildman–Crippen MR) is 60.8 cm³/mol. The number of hydrogen-bond donors (Lipinski definition) is 1. The summed E-state index contributed by atoms with van der Waals surface area (Å²) >= 11 is 0. The molecule has 6 heteroatoms. The molecule has 0 saturated heterocycles. The van der Waals surface area contributed by atoms with Gasteiger partial charge in [0.15, 0.2) is 0 Å². The molecular formula is C12H9F3N2O. The molecule has 0 aliphatic rings. The van der Waals surface area contributed by atoms with Crippen LogP contribution in [0.5, 0.6) is 5.75 Å². The number of nitrogens with zero attached hydrogens (tertiary/aromatic N) is 1. The van der Waals surface area contributed by atoms with Crippen molar-refractivity contribution in [2.75, 3.05) is 5.73 Å². The summed E-state index contributed by atoms with van der Waals surface area (Å²) in [5.74, 6) is -0.0371. The molecule has 2 N–H and O–H groups in total. The minimum absolute atomic E-state index is 0.252. The van der Waals surface area contributed by atoms with Gasteiger partial charge in [-0.25, -0.2) is 4.98 Å². The third-order valence-corrected chi connectivity index (χ3v) is 2.22. The molecule has 3 nitrogen and oxygen atoms in total. The van der Waals surface area contributed by atoms with Crippen LogP contribution in [0.2, 0.25) is 0 Å². The molecule has 0 aliphatic heterocycles. The van der Waals surface area contributed by atoms with Crippen LogP contribution in [0.3, 0.4) is 0 Å². The van der Waals surface area contributed by atoms with Gasteiger partial charge in [0.2, 0.25) is 0 Å². The Morgan fingerprint density at radius 3 is 2.56 bits per heavy atom. The lowest BCUT2D eigenvalue weighted by molar-refractivity contribution is -0.274. The first kappa shape index (κ1) is 12.2.